The van der Waals surface area contributed by atoms with Gasteiger partial charge in [0.15, 0.2) is 15.7 Å². The molecule has 1 aromatic carbocycles. The lowest BCUT2D eigenvalue weighted by molar-refractivity contribution is 0.0952. The molecule has 3 aromatic heterocycles. The summed E-state index contributed by atoms with van der Waals surface area (Å²) in [5.41, 5.74) is 8.85. The number of anilines is 1. The van der Waals surface area contributed by atoms with Gasteiger partial charge in [-0.3, -0.25) is 4.79 Å². The highest BCUT2D eigenvalue weighted by Gasteiger charge is 2.20. The number of sulfone groups is 1. The normalized spacial score (nSPS) is 11.4. The summed E-state index contributed by atoms with van der Waals surface area (Å²) in [6.07, 6.45) is 4.05. The van der Waals surface area contributed by atoms with Crippen molar-refractivity contribution in [1.82, 2.24) is 24.9 Å². The highest BCUT2D eigenvalue weighted by Crippen LogP contribution is 2.29. The van der Waals surface area contributed by atoms with Crippen molar-refractivity contribution in [2.45, 2.75) is 11.4 Å². The number of methoxy groups -OCH3 is 1. The molecule has 164 valence electrons. The Bertz CT molecular complexity index is 1410. The second kappa shape index (κ2) is 8.27. The first-order valence-electron chi connectivity index (χ1n) is 9.48. The van der Waals surface area contributed by atoms with Crippen molar-refractivity contribution < 1.29 is 17.9 Å². The van der Waals surface area contributed by atoms with E-state index in [1.165, 1.54) is 25.6 Å². The van der Waals surface area contributed by atoms with Crippen LogP contribution in [-0.2, 0) is 16.4 Å². The molecular weight excluding hydrogens is 432 g/mol. The molecule has 0 saturated heterocycles. The number of pyridine rings is 1. The number of hydrogen-bond acceptors (Lipinski definition) is 8. The zero-order valence-electron chi connectivity index (χ0n) is 17.3. The molecule has 3 N–H and O–H groups in total. The van der Waals surface area contributed by atoms with Crippen molar-refractivity contribution >= 4 is 27.1 Å². The van der Waals surface area contributed by atoms with Crippen LogP contribution < -0.4 is 15.8 Å². The molecule has 1 amide bonds. The molecule has 10 nitrogen and oxygen atoms in total. The Hall–Kier alpha value is -3.99. The van der Waals surface area contributed by atoms with Gasteiger partial charge in [0.1, 0.15) is 11.8 Å². The van der Waals surface area contributed by atoms with Crippen LogP contribution in [0.2, 0.25) is 0 Å². The van der Waals surface area contributed by atoms with E-state index in [2.05, 4.69) is 20.4 Å². The predicted octanol–water partition coefficient (Wildman–Crippen LogP) is 1.72. The molecule has 0 spiro atoms. The Balaban J connectivity index is 1.66. The first-order valence-corrected chi connectivity index (χ1v) is 11.4. The standard InChI is InChI=1S/C21H20N6O4S/c1-31-18-9-14(7-8-23-18)17-10-16(19-20(22)25-12-26-27(17)19)21(28)24-11-13-3-5-15(6-4-13)32(2,29)30/h3-10,12H,11H2,1-2H3,(H,24,28)(H2,22,25,26). The lowest BCUT2D eigenvalue weighted by atomic mass is 10.1. The minimum absolute atomic E-state index is 0.162. The molecule has 0 saturated carbocycles. The molecule has 0 aliphatic rings. The summed E-state index contributed by atoms with van der Waals surface area (Å²) in [5.74, 6) is 0.210. The van der Waals surface area contributed by atoms with Crippen molar-refractivity contribution in [1.29, 1.82) is 0 Å². The zero-order chi connectivity index (χ0) is 22.9. The summed E-state index contributed by atoms with van der Waals surface area (Å²) in [6.45, 7) is 0.201. The maximum Gasteiger partial charge on any atom is 0.253 e. The van der Waals surface area contributed by atoms with E-state index in [-0.39, 0.29) is 23.2 Å². The van der Waals surface area contributed by atoms with Gasteiger partial charge in [0.2, 0.25) is 5.88 Å². The van der Waals surface area contributed by atoms with Gasteiger partial charge in [0.05, 0.1) is 23.3 Å². The van der Waals surface area contributed by atoms with Crippen molar-refractivity contribution in [2.24, 2.45) is 0 Å². The van der Waals surface area contributed by atoms with Crippen molar-refractivity contribution in [3.63, 3.8) is 0 Å². The number of nitrogens with two attached hydrogens (primary N) is 1. The fourth-order valence-corrected chi connectivity index (χ4v) is 3.89. The third kappa shape index (κ3) is 4.10. The molecular formula is C21H20N6O4S. The Labute approximate surface area is 184 Å². The number of hydrogen-bond donors (Lipinski definition) is 2. The molecule has 0 fully saturated rings. The first-order chi connectivity index (χ1) is 15.3. The SMILES string of the molecule is COc1cc(-c2cc(C(=O)NCc3ccc(S(C)(=O)=O)cc3)c3c(N)ncnn23)ccn1. The van der Waals surface area contributed by atoms with Crippen molar-refractivity contribution in [3.05, 3.63) is 66.1 Å². The Morgan fingerprint density at radius 3 is 2.59 bits per heavy atom. The Morgan fingerprint density at radius 1 is 1.16 bits per heavy atom. The number of aromatic nitrogens is 4. The van der Waals surface area contributed by atoms with Gasteiger partial charge in [-0.1, -0.05) is 12.1 Å². The van der Waals surface area contributed by atoms with Crippen LogP contribution in [0.15, 0.2) is 59.9 Å². The van der Waals surface area contributed by atoms with E-state index in [4.69, 9.17) is 10.5 Å². The van der Waals surface area contributed by atoms with Crippen molar-refractivity contribution in [3.8, 4) is 17.1 Å². The number of nitrogen functional groups attached to an aromatic ring is 1. The smallest absolute Gasteiger partial charge is 0.253 e. The van der Waals surface area contributed by atoms with E-state index >= 15 is 0 Å². The number of amides is 1. The van der Waals surface area contributed by atoms with E-state index in [9.17, 15) is 13.2 Å². The molecule has 0 atom stereocenters. The average molecular weight is 452 g/mol. The molecule has 4 rings (SSSR count). The van der Waals surface area contributed by atoms with Crippen LogP contribution in [0.3, 0.4) is 0 Å². The number of carbonyl (C=O) groups excluding carboxylic acids is 1. The second-order valence-electron chi connectivity index (χ2n) is 7.03. The van der Waals surface area contributed by atoms with Crippen LogP contribution in [0.1, 0.15) is 15.9 Å². The molecule has 32 heavy (non-hydrogen) atoms. The monoisotopic (exact) mass is 452 g/mol. The van der Waals surface area contributed by atoms with Crippen molar-refractivity contribution in [2.75, 3.05) is 19.1 Å². The number of nitrogens with one attached hydrogen (secondary N) is 1. The van der Waals surface area contributed by atoms with E-state index in [1.807, 2.05) is 0 Å². The highest BCUT2D eigenvalue weighted by molar-refractivity contribution is 7.90. The summed E-state index contributed by atoms with van der Waals surface area (Å²) in [7, 11) is -1.77. The second-order valence-corrected chi connectivity index (χ2v) is 9.05. The quantitative estimate of drug-likeness (QED) is 0.450. The maximum atomic E-state index is 13.0. The number of carbonyl (C=O) groups is 1. The number of rotatable bonds is 6. The lowest BCUT2D eigenvalue weighted by Gasteiger charge is -2.06. The molecule has 0 unspecified atom stereocenters. The summed E-state index contributed by atoms with van der Waals surface area (Å²) in [6, 6.07) is 11.5. The summed E-state index contributed by atoms with van der Waals surface area (Å²) >= 11 is 0. The fraction of sp³-hybridized carbons (Fsp3) is 0.143. The summed E-state index contributed by atoms with van der Waals surface area (Å²) in [5, 5.41) is 7.09. The molecule has 0 bridgehead atoms. The van der Waals surface area contributed by atoms with Gasteiger partial charge in [0.25, 0.3) is 5.91 Å². The third-order valence-corrected chi connectivity index (χ3v) is 6.00. The van der Waals surface area contributed by atoms with E-state index in [0.717, 1.165) is 17.4 Å². The van der Waals surface area contributed by atoms with Gasteiger partial charge >= 0.3 is 0 Å². The number of benzene rings is 1. The maximum absolute atomic E-state index is 13.0. The van der Waals surface area contributed by atoms with Gasteiger partial charge in [-0.25, -0.2) is 22.9 Å². The highest BCUT2D eigenvalue weighted by atomic mass is 32.2. The van der Waals surface area contributed by atoms with Gasteiger partial charge in [-0.05, 0) is 29.8 Å². The fourth-order valence-electron chi connectivity index (χ4n) is 3.26. The van der Waals surface area contributed by atoms with Crippen LogP contribution >= 0.6 is 0 Å². The first kappa shape index (κ1) is 21.2. The van der Waals surface area contributed by atoms with Crippen LogP contribution in [-0.4, -0.2) is 47.3 Å². The van der Waals surface area contributed by atoms with E-state index in [0.29, 0.717) is 22.7 Å². The van der Waals surface area contributed by atoms with Crippen LogP contribution in [0, 0.1) is 0 Å². The topological polar surface area (TPSA) is 142 Å². The van der Waals surface area contributed by atoms with Gasteiger partial charge in [0, 0.05) is 30.6 Å². The summed E-state index contributed by atoms with van der Waals surface area (Å²) < 4.78 is 29.9. The number of nitrogens with zero attached hydrogens (tertiary/aromatic N) is 4. The number of fused-ring (bicyclic) bond motifs is 1. The third-order valence-electron chi connectivity index (χ3n) is 4.87. The van der Waals surface area contributed by atoms with E-state index < -0.39 is 9.84 Å². The van der Waals surface area contributed by atoms with Crippen LogP contribution in [0.4, 0.5) is 5.82 Å². The average Bonchev–Trinajstić information content (AvgIpc) is 3.18. The largest absolute Gasteiger partial charge is 0.481 e. The predicted molar refractivity (Wildman–Crippen MR) is 118 cm³/mol. The molecule has 11 heteroatoms. The lowest BCUT2D eigenvalue weighted by Crippen LogP contribution is -2.23. The van der Waals surface area contributed by atoms with Gasteiger partial charge in [-0.2, -0.15) is 5.10 Å². The Morgan fingerprint density at radius 2 is 1.91 bits per heavy atom. The van der Waals surface area contributed by atoms with Gasteiger partial charge < -0.3 is 15.8 Å². The molecule has 4 aromatic rings. The molecule has 0 aliphatic heterocycles. The molecule has 3 heterocycles. The zero-order valence-corrected chi connectivity index (χ0v) is 18.1. The Kier molecular flexibility index (Phi) is 5.49. The minimum atomic E-state index is -3.28. The summed E-state index contributed by atoms with van der Waals surface area (Å²) in [4.78, 5) is 21.3. The molecule has 0 radical (unpaired) electrons. The van der Waals surface area contributed by atoms with E-state index in [1.54, 1.807) is 41.0 Å². The number of ether oxygens (including phenoxy) is 1. The van der Waals surface area contributed by atoms with Crippen LogP contribution in [0.25, 0.3) is 16.8 Å². The molecule has 0 aliphatic carbocycles. The minimum Gasteiger partial charge on any atom is -0.481 e. The van der Waals surface area contributed by atoms with Crippen LogP contribution in [0.5, 0.6) is 5.88 Å². The van der Waals surface area contributed by atoms with Gasteiger partial charge in [-0.15, -0.1) is 0 Å².